The van der Waals surface area contributed by atoms with Gasteiger partial charge in [0.2, 0.25) is 0 Å². The van der Waals surface area contributed by atoms with E-state index in [0.717, 1.165) is 19.4 Å². The Balaban J connectivity index is 1.81. The number of rotatable bonds is 9. The van der Waals surface area contributed by atoms with Crippen LogP contribution in [-0.2, 0) is 0 Å². The van der Waals surface area contributed by atoms with Crippen molar-refractivity contribution in [2.24, 2.45) is 0 Å². The smallest absolute Gasteiger partial charge is 0.0934 e. The van der Waals surface area contributed by atoms with Crippen molar-refractivity contribution in [2.75, 3.05) is 6.54 Å². The zero-order valence-corrected chi connectivity index (χ0v) is 25.6. The number of aryl methyl sites for hydroxylation is 2. The minimum Gasteiger partial charge on any atom is -0.158 e. The van der Waals surface area contributed by atoms with Gasteiger partial charge in [-0.1, -0.05) is 110 Å². The third-order valence-electron chi connectivity index (χ3n) is 8.73. The normalized spacial score (nSPS) is 18.9. The van der Waals surface area contributed by atoms with E-state index in [1.165, 1.54) is 45.7 Å². The Morgan fingerprint density at radius 3 is 1.51 bits per heavy atom. The van der Waals surface area contributed by atoms with Crippen LogP contribution in [0.2, 0.25) is 0 Å². The fourth-order valence-electron chi connectivity index (χ4n) is 6.78. The summed E-state index contributed by atoms with van der Waals surface area (Å²) in [5.74, 6) is 0. The van der Waals surface area contributed by atoms with Crippen molar-refractivity contribution in [3.05, 3.63) is 145 Å². The predicted octanol–water partition coefficient (Wildman–Crippen LogP) is 10.1. The van der Waals surface area contributed by atoms with Gasteiger partial charge in [0, 0.05) is 7.41 Å². The van der Waals surface area contributed by atoms with Crippen molar-refractivity contribution < 1.29 is 0 Å². The van der Waals surface area contributed by atoms with Crippen molar-refractivity contribution in [1.82, 2.24) is 4.44 Å². The number of unbranched alkanes of at least 4 members (excludes halogenated alkanes) is 1. The Labute approximate surface area is 238 Å². The summed E-state index contributed by atoms with van der Waals surface area (Å²) >= 11 is 0. The number of hydrogen-bond acceptors (Lipinski definition) is 1. The maximum Gasteiger partial charge on any atom is 0.0934 e. The van der Waals surface area contributed by atoms with Crippen LogP contribution in [0, 0.1) is 27.2 Å². The first-order valence-electron chi connectivity index (χ1n) is 14.4. The highest BCUT2D eigenvalue weighted by molar-refractivity contribution is 7.97. The van der Waals surface area contributed by atoms with Crippen molar-refractivity contribution in [3.8, 4) is 0 Å². The van der Waals surface area contributed by atoms with E-state index in [1.807, 2.05) is 0 Å². The largest absolute Gasteiger partial charge is 0.158 e. The van der Waals surface area contributed by atoms with Crippen LogP contribution >= 0.6 is 14.8 Å². The molecule has 0 unspecified atom stereocenters. The highest BCUT2D eigenvalue weighted by Gasteiger charge is 2.60. The van der Waals surface area contributed by atoms with Crippen LogP contribution in [0.4, 0.5) is 0 Å². The first-order valence-corrected chi connectivity index (χ1v) is 18.4. The standard InChI is InChI=1S/C36H43NP2/c1-6-7-28-37(38(4,33-24-16-14-18-29(33)2)34-25-17-15-19-30(34)3)39(5)35(31-20-10-8-11-21-31)26-27-36(39)32-22-12-9-13-23-32/h8-25,35-36H,4-7,26-28H2,1-3H3/t35-,36-/m0/s1. The maximum atomic E-state index is 5.44. The van der Waals surface area contributed by atoms with E-state index in [0.29, 0.717) is 11.3 Å². The molecule has 0 aromatic heterocycles. The molecule has 4 aromatic carbocycles. The first kappa shape index (κ1) is 28.2. The number of benzene rings is 4. The average molecular weight is 552 g/mol. The lowest BCUT2D eigenvalue weighted by Gasteiger charge is -2.52. The molecule has 4 aromatic rings. The molecule has 0 radical (unpaired) electrons. The fraction of sp³-hybridized carbons (Fsp3) is 0.278. The van der Waals surface area contributed by atoms with Gasteiger partial charge in [-0.05, 0) is 67.5 Å². The Kier molecular flexibility index (Phi) is 8.73. The summed E-state index contributed by atoms with van der Waals surface area (Å²) in [5, 5.41) is 2.81. The molecule has 2 atom stereocenters. The number of nitrogens with zero attached hydrogens (tertiary/aromatic N) is 1. The van der Waals surface area contributed by atoms with E-state index in [2.05, 4.69) is 134 Å². The van der Waals surface area contributed by atoms with Gasteiger partial charge < -0.3 is 0 Å². The topological polar surface area (TPSA) is 3.24 Å². The Morgan fingerprint density at radius 1 is 0.692 bits per heavy atom. The van der Waals surface area contributed by atoms with Gasteiger partial charge in [-0.15, -0.1) is 11.1 Å². The molecule has 39 heavy (non-hydrogen) atoms. The maximum absolute atomic E-state index is 5.44. The molecule has 1 aliphatic rings. The van der Waals surface area contributed by atoms with Gasteiger partial charge in [-0.3, -0.25) is 0 Å². The molecule has 1 nitrogen and oxygen atoms in total. The summed E-state index contributed by atoms with van der Waals surface area (Å²) in [5.41, 5.74) is 6.42. The van der Waals surface area contributed by atoms with Gasteiger partial charge in [-0.25, -0.2) is 0 Å². The summed E-state index contributed by atoms with van der Waals surface area (Å²) < 4.78 is 2.95. The van der Waals surface area contributed by atoms with E-state index in [1.54, 1.807) is 0 Å². The molecule has 0 amide bonds. The SMILES string of the molecule is [CH2-][P+](c1ccccc1C)(c1ccccc1C)N(CCCC)[P+]1([CH2-])[C@H](c2ccccc2)CC[C@H]1c1ccccc1. The summed E-state index contributed by atoms with van der Waals surface area (Å²) in [6.07, 6.45) is 4.65. The van der Waals surface area contributed by atoms with E-state index in [9.17, 15) is 0 Å². The molecule has 3 heteroatoms. The second kappa shape index (κ2) is 12.1. The predicted molar refractivity (Wildman–Crippen MR) is 175 cm³/mol. The van der Waals surface area contributed by atoms with Gasteiger partial charge >= 0.3 is 0 Å². The molecule has 1 aliphatic heterocycles. The molecule has 0 bridgehead atoms. The molecule has 0 aliphatic carbocycles. The van der Waals surface area contributed by atoms with Crippen molar-refractivity contribution in [2.45, 2.75) is 57.8 Å². The van der Waals surface area contributed by atoms with Crippen molar-refractivity contribution in [1.29, 1.82) is 0 Å². The van der Waals surface area contributed by atoms with Gasteiger partial charge in [0.25, 0.3) is 0 Å². The zero-order chi connectivity index (χ0) is 27.5. The molecule has 1 fully saturated rings. The van der Waals surface area contributed by atoms with Gasteiger partial charge in [0.15, 0.2) is 0 Å². The average Bonchev–Trinajstić information content (AvgIpc) is 3.31. The lowest BCUT2D eigenvalue weighted by Crippen LogP contribution is -2.39. The highest BCUT2D eigenvalue weighted by atomic mass is 31.2. The van der Waals surface area contributed by atoms with Crippen LogP contribution in [0.3, 0.4) is 0 Å². The van der Waals surface area contributed by atoms with E-state index < -0.39 is 14.8 Å². The quantitative estimate of drug-likeness (QED) is 0.148. The lowest BCUT2D eigenvalue weighted by molar-refractivity contribution is 0.620. The molecule has 202 valence electrons. The molecule has 5 rings (SSSR count). The second-order valence-corrected chi connectivity index (χ2v) is 17.9. The molecule has 1 saturated heterocycles. The zero-order valence-electron chi connectivity index (χ0n) is 23.8. The fourth-order valence-corrected chi connectivity index (χ4v) is 17.8. The van der Waals surface area contributed by atoms with Crippen LogP contribution in [0.25, 0.3) is 0 Å². The van der Waals surface area contributed by atoms with Gasteiger partial charge in [0.1, 0.15) is 0 Å². The van der Waals surface area contributed by atoms with Crippen LogP contribution in [0.15, 0.2) is 109 Å². The third-order valence-corrected chi connectivity index (χ3v) is 18.6. The third kappa shape index (κ3) is 5.15. The minimum absolute atomic E-state index is 0.426. The van der Waals surface area contributed by atoms with Gasteiger partial charge in [0.05, 0.1) is 35.9 Å². The summed E-state index contributed by atoms with van der Waals surface area (Å²) in [6, 6.07) is 40.6. The first-order chi connectivity index (χ1) is 18.9. The van der Waals surface area contributed by atoms with Crippen LogP contribution < -0.4 is 10.6 Å². The van der Waals surface area contributed by atoms with Crippen LogP contribution in [0.5, 0.6) is 0 Å². The molecule has 0 N–H and O–H groups in total. The summed E-state index contributed by atoms with van der Waals surface area (Å²) in [4.78, 5) is 0. The van der Waals surface area contributed by atoms with Crippen molar-refractivity contribution >= 4 is 25.4 Å². The minimum atomic E-state index is -2.25. The molecule has 1 heterocycles. The van der Waals surface area contributed by atoms with Crippen molar-refractivity contribution in [3.63, 3.8) is 0 Å². The van der Waals surface area contributed by atoms with Gasteiger partial charge in [-0.2, -0.15) is 6.66 Å². The number of hydrogen-bond donors (Lipinski definition) is 0. The molecular weight excluding hydrogens is 508 g/mol. The lowest BCUT2D eigenvalue weighted by atomic mass is 10.0. The highest BCUT2D eigenvalue weighted by Crippen LogP contribution is 2.91. The Morgan fingerprint density at radius 2 is 1.10 bits per heavy atom. The Bertz CT molecular complexity index is 1270. The van der Waals surface area contributed by atoms with Crippen LogP contribution in [0.1, 0.15) is 66.2 Å². The summed E-state index contributed by atoms with van der Waals surface area (Å²) in [6.45, 7) is 18.7. The summed E-state index contributed by atoms with van der Waals surface area (Å²) in [7, 11) is -4.30. The Hall–Kier alpha value is -2.30. The van der Waals surface area contributed by atoms with E-state index in [-0.39, 0.29) is 0 Å². The van der Waals surface area contributed by atoms with E-state index >= 15 is 0 Å². The molecular formula is C36H43NP2. The van der Waals surface area contributed by atoms with Crippen LogP contribution in [-0.4, -0.2) is 11.0 Å². The van der Waals surface area contributed by atoms with E-state index in [4.69, 9.17) is 13.3 Å². The molecule has 0 spiro atoms. The second-order valence-electron chi connectivity index (χ2n) is 11.1. The monoisotopic (exact) mass is 551 g/mol. The molecule has 0 saturated carbocycles.